The zero-order valence-electron chi connectivity index (χ0n) is 15.1. The molecule has 0 bridgehead atoms. The predicted molar refractivity (Wildman–Crippen MR) is 88.8 cm³/mol. The number of fused-ring (bicyclic) bond motifs is 1. The van der Waals surface area contributed by atoms with Crippen molar-refractivity contribution in [1.29, 1.82) is 0 Å². The van der Waals surface area contributed by atoms with Gasteiger partial charge in [-0.25, -0.2) is 4.79 Å². The summed E-state index contributed by atoms with van der Waals surface area (Å²) in [6.07, 6.45) is 7.36. The molecule has 1 unspecified atom stereocenters. The van der Waals surface area contributed by atoms with Crippen LogP contribution in [0.5, 0.6) is 0 Å². The van der Waals surface area contributed by atoms with Gasteiger partial charge in [-0.1, -0.05) is 20.3 Å². The second kappa shape index (κ2) is 6.92. The fraction of sp³-hybridized carbons (Fsp3) is 0.895. The first-order valence-corrected chi connectivity index (χ1v) is 9.06. The molecular weight excluding hydrogens is 292 g/mol. The smallest absolute Gasteiger partial charge is 0.337 e. The molecule has 2 aliphatic rings. The highest BCUT2D eigenvalue weighted by atomic mass is 16.5. The summed E-state index contributed by atoms with van der Waals surface area (Å²) in [7, 11) is 1.30. The number of Topliss-reactive ketones (excluding diaryl/α,β-unsaturated/α-hetero) is 1. The summed E-state index contributed by atoms with van der Waals surface area (Å²) in [5, 5.41) is 10.1. The van der Waals surface area contributed by atoms with Crippen LogP contribution >= 0.6 is 0 Å². The number of ketones is 1. The molecule has 0 radical (unpaired) electrons. The van der Waals surface area contributed by atoms with Gasteiger partial charge in [0.15, 0.2) is 5.60 Å². The number of ether oxygens (including phenoxy) is 1. The molecule has 2 fully saturated rings. The van der Waals surface area contributed by atoms with Crippen LogP contribution in [0.3, 0.4) is 0 Å². The summed E-state index contributed by atoms with van der Waals surface area (Å²) in [5.74, 6) is 1.28. The molecule has 0 aromatic carbocycles. The van der Waals surface area contributed by atoms with Crippen molar-refractivity contribution in [1.82, 2.24) is 0 Å². The van der Waals surface area contributed by atoms with E-state index in [0.29, 0.717) is 24.0 Å². The van der Waals surface area contributed by atoms with Crippen LogP contribution in [0, 0.1) is 23.2 Å². The van der Waals surface area contributed by atoms with Gasteiger partial charge in [0.2, 0.25) is 0 Å². The van der Waals surface area contributed by atoms with Crippen LogP contribution in [-0.2, 0) is 14.3 Å². The van der Waals surface area contributed by atoms with Gasteiger partial charge in [0.1, 0.15) is 5.78 Å². The van der Waals surface area contributed by atoms with Crippen LogP contribution in [-0.4, -0.2) is 29.6 Å². The minimum absolute atomic E-state index is 0.166. The molecule has 4 nitrogen and oxygen atoms in total. The molecule has 0 spiro atoms. The van der Waals surface area contributed by atoms with E-state index in [4.69, 9.17) is 0 Å². The van der Waals surface area contributed by atoms with Gasteiger partial charge in [0.25, 0.3) is 0 Å². The fourth-order valence-corrected chi connectivity index (χ4v) is 5.20. The quantitative estimate of drug-likeness (QED) is 0.760. The Kier molecular flexibility index (Phi) is 5.55. The standard InChI is InChI=1S/C19H32O4/c1-13(7-5-12-19(3,22)17(21)23-4)14-9-10-15-16(20)8-6-11-18(14,15)2/h13-15,22H,5-12H2,1-4H3/t13-,14-,15?,18-,19-/m1/s1. The second-order valence-corrected chi connectivity index (χ2v) is 8.20. The lowest BCUT2D eigenvalue weighted by atomic mass is 9.62. The van der Waals surface area contributed by atoms with Gasteiger partial charge in [0.05, 0.1) is 7.11 Å². The highest BCUT2D eigenvalue weighted by molar-refractivity contribution is 5.83. The SMILES string of the molecule is COC(=O)[C@](C)(O)CCC[C@@H](C)[C@H]1CCC2C(=O)CCC[C@@]21C. The Morgan fingerprint density at radius 1 is 1.48 bits per heavy atom. The minimum atomic E-state index is -1.39. The van der Waals surface area contributed by atoms with Gasteiger partial charge in [-0.2, -0.15) is 0 Å². The van der Waals surface area contributed by atoms with Crippen molar-refractivity contribution in [3.63, 3.8) is 0 Å². The molecule has 2 rings (SSSR count). The summed E-state index contributed by atoms with van der Waals surface area (Å²) in [5.41, 5.74) is -1.23. The van der Waals surface area contributed by atoms with E-state index in [2.05, 4.69) is 18.6 Å². The Labute approximate surface area is 140 Å². The maximum absolute atomic E-state index is 12.2. The Morgan fingerprint density at radius 3 is 2.83 bits per heavy atom. The normalized spacial score (nSPS) is 34.6. The van der Waals surface area contributed by atoms with E-state index in [9.17, 15) is 14.7 Å². The molecule has 23 heavy (non-hydrogen) atoms. The van der Waals surface area contributed by atoms with Crippen LogP contribution in [0.25, 0.3) is 0 Å². The van der Waals surface area contributed by atoms with E-state index in [1.807, 2.05) is 0 Å². The average molecular weight is 324 g/mol. The molecule has 0 heterocycles. The lowest BCUT2D eigenvalue weighted by molar-refractivity contribution is -0.161. The molecule has 0 amide bonds. The van der Waals surface area contributed by atoms with Crippen molar-refractivity contribution in [2.75, 3.05) is 7.11 Å². The molecule has 1 N–H and O–H groups in total. The molecule has 0 saturated heterocycles. The lowest BCUT2D eigenvalue weighted by Gasteiger charge is -2.42. The lowest BCUT2D eigenvalue weighted by Crippen LogP contribution is -2.39. The van der Waals surface area contributed by atoms with E-state index in [1.165, 1.54) is 14.0 Å². The molecule has 2 aliphatic carbocycles. The molecule has 2 saturated carbocycles. The van der Waals surface area contributed by atoms with Gasteiger partial charge in [-0.05, 0) is 62.7 Å². The first-order chi connectivity index (χ1) is 10.7. The zero-order chi connectivity index (χ0) is 17.3. The van der Waals surface area contributed by atoms with Crippen molar-refractivity contribution in [3.05, 3.63) is 0 Å². The highest BCUT2D eigenvalue weighted by Gasteiger charge is 2.52. The van der Waals surface area contributed by atoms with Crippen LogP contribution in [0.2, 0.25) is 0 Å². The third-order valence-corrected chi connectivity index (χ3v) is 6.57. The number of esters is 1. The van der Waals surface area contributed by atoms with Crippen LogP contribution in [0.4, 0.5) is 0 Å². The number of rotatable bonds is 6. The number of hydrogen-bond donors (Lipinski definition) is 1. The Balaban J connectivity index is 1.90. The number of carbonyl (C=O) groups excluding carboxylic acids is 2. The zero-order valence-corrected chi connectivity index (χ0v) is 15.1. The van der Waals surface area contributed by atoms with Crippen molar-refractivity contribution >= 4 is 11.8 Å². The number of hydrogen-bond acceptors (Lipinski definition) is 4. The minimum Gasteiger partial charge on any atom is -0.467 e. The molecule has 5 atom stereocenters. The summed E-state index contributed by atoms with van der Waals surface area (Å²) in [6.45, 7) is 6.11. The van der Waals surface area contributed by atoms with Gasteiger partial charge < -0.3 is 9.84 Å². The van der Waals surface area contributed by atoms with E-state index in [0.717, 1.165) is 44.9 Å². The van der Waals surface area contributed by atoms with Gasteiger partial charge >= 0.3 is 5.97 Å². The Hall–Kier alpha value is -0.900. The Morgan fingerprint density at radius 2 is 2.17 bits per heavy atom. The fourth-order valence-electron chi connectivity index (χ4n) is 5.20. The summed E-state index contributed by atoms with van der Waals surface area (Å²) in [6, 6.07) is 0. The van der Waals surface area contributed by atoms with Crippen molar-refractivity contribution in [2.24, 2.45) is 23.2 Å². The number of aliphatic hydroxyl groups is 1. The van der Waals surface area contributed by atoms with E-state index in [1.54, 1.807) is 0 Å². The van der Waals surface area contributed by atoms with Crippen LogP contribution < -0.4 is 0 Å². The van der Waals surface area contributed by atoms with Gasteiger partial charge in [-0.15, -0.1) is 0 Å². The third-order valence-electron chi connectivity index (χ3n) is 6.57. The van der Waals surface area contributed by atoms with E-state index < -0.39 is 11.6 Å². The second-order valence-electron chi connectivity index (χ2n) is 8.20. The molecule has 0 aliphatic heterocycles. The van der Waals surface area contributed by atoms with Gasteiger partial charge in [-0.3, -0.25) is 4.79 Å². The first kappa shape index (κ1) is 18.4. The number of carbonyl (C=O) groups is 2. The topological polar surface area (TPSA) is 63.6 Å². The summed E-state index contributed by atoms with van der Waals surface area (Å²) >= 11 is 0. The third kappa shape index (κ3) is 3.62. The van der Waals surface area contributed by atoms with Crippen molar-refractivity contribution in [3.8, 4) is 0 Å². The Bertz CT molecular complexity index is 456. The molecule has 0 aromatic rings. The highest BCUT2D eigenvalue weighted by Crippen LogP contribution is 2.57. The van der Waals surface area contributed by atoms with Crippen LogP contribution in [0.1, 0.15) is 72.1 Å². The van der Waals surface area contributed by atoms with Crippen molar-refractivity contribution < 1.29 is 19.4 Å². The number of methoxy groups -OCH3 is 1. The summed E-state index contributed by atoms with van der Waals surface area (Å²) in [4.78, 5) is 23.7. The maximum Gasteiger partial charge on any atom is 0.337 e. The largest absolute Gasteiger partial charge is 0.467 e. The average Bonchev–Trinajstić information content (AvgIpc) is 2.84. The van der Waals surface area contributed by atoms with Gasteiger partial charge in [0, 0.05) is 12.3 Å². The predicted octanol–water partition coefficient (Wildman–Crippen LogP) is 3.50. The van der Waals surface area contributed by atoms with E-state index in [-0.39, 0.29) is 11.3 Å². The molecule has 132 valence electrons. The molecule has 0 aromatic heterocycles. The van der Waals surface area contributed by atoms with E-state index >= 15 is 0 Å². The van der Waals surface area contributed by atoms with Crippen LogP contribution in [0.15, 0.2) is 0 Å². The molecular formula is C19H32O4. The maximum atomic E-state index is 12.2. The first-order valence-electron chi connectivity index (χ1n) is 9.06. The summed E-state index contributed by atoms with van der Waals surface area (Å²) < 4.78 is 4.64. The molecule has 4 heteroatoms. The monoisotopic (exact) mass is 324 g/mol. The van der Waals surface area contributed by atoms with Crippen molar-refractivity contribution in [2.45, 2.75) is 77.7 Å².